The highest BCUT2D eigenvalue weighted by Crippen LogP contribution is 2.20. The zero-order chi connectivity index (χ0) is 13.8. The first-order chi connectivity index (χ1) is 9.81. The van der Waals surface area contributed by atoms with Crippen LogP contribution in [0.15, 0.2) is 36.7 Å². The first-order valence-electron chi connectivity index (χ1n) is 6.39. The number of hydrogen-bond donors (Lipinski definition) is 0. The monoisotopic (exact) mass is 275 g/mol. The van der Waals surface area contributed by atoms with Gasteiger partial charge in [0, 0.05) is 13.1 Å². The fourth-order valence-corrected chi connectivity index (χ4v) is 1.95. The Morgan fingerprint density at radius 1 is 1.05 bits per heavy atom. The van der Waals surface area contributed by atoms with Gasteiger partial charge in [0.1, 0.15) is 11.6 Å². The van der Waals surface area contributed by atoms with E-state index in [1.54, 1.807) is 12.4 Å². The third-order valence-corrected chi connectivity index (χ3v) is 3.01. The minimum absolute atomic E-state index is 0.244. The van der Waals surface area contributed by atoms with Crippen molar-refractivity contribution < 1.29 is 13.9 Å². The summed E-state index contributed by atoms with van der Waals surface area (Å²) in [6, 6.07) is 5.98. The van der Waals surface area contributed by atoms with Gasteiger partial charge < -0.3 is 14.4 Å². The molecule has 1 aliphatic heterocycles. The van der Waals surface area contributed by atoms with Crippen LogP contribution in [-0.4, -0.2) is 36.3 Å². The van der Waals surface area contributed by atoms with Gasteiger partial charge in [-0.3, -0.25) is 0 Å². The molecular formula is C14H14FN3O2. The van der Waals surface area contributed by atoms with Crippen LogP contribution in [0.25, 0.3) is 0 Å². The predicted molar refractivity (Wildman–Crippen MR) is 71.5 cm³/mol. The lowest BCUT2D eigenvalue weighted by atomic mass is 10.3. The molecule has 1 aliphatic rings. The van der Waals surface area contributed by atoms with Gasteiger partial charge in [0.25, 0.3) is 0 Å². The molecule has 2 heterocycles. The van der Waals surface area contributed by atoms with Crippen LogP contribution in [0, 0.1) is 5.82 Å². The number of morpholine rings is 1. The maximum Gasteiger partial charge on any atom is 0.322 e. The average Bonchev–Trinajstić information content (AvgIpc) is 2.51. The number of halogens is 1. The largest absolute Gasteiger partial charge is 0.424 e. The molecule has 0 amide bonds. The van der Waals surface area contributed by atoms with Crippen LogP contribution in [0.2, 0.25) is 0 Å². The Morgan fingerprint density at radius 2 is 1.70 bits per heavy atom. The Balaban J connectivity index is 1.67. The van der Waals surface area contributed by atoms with E-state index >= 15 is 0 Å². The van der Waals surface area contributed by atoms with Gasteiger partial charge >= 0.3 is 6.01 Å². The normalized spacial score (nSPS) is 15.2. The van der Waals surface area contributed by atoms with Crippen molar-refractivity contribution in [3.8, 4) is 11.8 Å². The van der Waals surface area contributed by atoms with Crippen molar-refractivity contribution in [3.63, 3.8) is 0 Å². The quantitative estimate of drug-likeness (QED) is 0.859. The van der Waals surface area contributed by atoms with Crippen LogP contribution < -0.4 is 9.64 Å². The third-order valence-electron chi connectivity index (χ3n) is 3.01. The molecule has 0 N–H and O–H groups in total. The number of hydrogen-bond acceptors (Lipinski definition) is 5. The lowest BCUT2D eigenvalue weighted by Gasteiger charge is -2.28. The minimum Gasteiger partial charge on any atom is -0.424 e. The fourth-order valence-electron chi connectivity index (χ4n) is 1.95. The Labute approximate surface area is 116 Å². The van der Waals surface area contributed by atoms with Gasteiger partial charge in [-0.05, 0) is 24.3 Å². The number of nitrogens with zero attached hydrogens (tertiary/aromatic N) is 3. The van der Waals surface area contributed by atoms with Crippen LogP contribution >= 0.6 is 0 Å². The molecular weight excluding hydrogens is 261 g/mol. The molecule has 5 nitrogen and oxygen atoms in total. The average molecular weight is 275 g/mol. The molecule has 1 saturated heterocycles. The summed E-state index contributed by atoms with van der Waals surface area (Å²) in [6.07, 6.45) is 3.44. The molecule has 104 valence electrons. The van der Waals surface area contributed by atoms with E-state index in [0.29, 0.717) is 19.0 Å². The van der Waals surface area contributed by atoms with Gasteiger partial charge in [0.2, 0.25) is 0 Å². The van der Waals surface area contributed by atoms with Crippen LogP contribution in [0.5, 0.6) is 11.8 Å². The summed E-state index contributed by atoms with van der Waals surface area (Å²) in [5.41, 5.74) is 0.944. The van der Waals surface area contributed by atoms with Crippen molar-refractivity contribution in [2.24, 2.45) is 0 Å². The first-order valence-corrected chi connectivity index (χ1v) is 6.39. The number of benzene rings is 1. The van der Waals surface area contributed by atoms with E-state index in [2.05, 4.69) is 14.9 Å². The van der Waals surface area contributed by atoms with E-state index in [4.69, 9.17) is 9.47 Å². The summed E-state index contributed by atoms with van der Waals surface area (Å²) >= 11 is 0. The van der Waals surface area contributed by atoms with E-state index in [1.807, 2.05) is 0 Å². The molecule has 0 unspecified atom stereocenters. The molecule has 0 radical (unpaired) electrons. The van der Waals surface area contributed by atoms with Crippen LogP contribution in [0.1, 0.15) is 0 Å². The minimum atomic E-state index is -0.305. The van der Waals surface area contributed by atoms with Gasteiger partial charge in [-0.15, -0.1) is 0 Å². The molecule has 0 aliphatic carbocycles. The number of anilines is 1. The third kappa shape index (κ3) is 3.03. The van der Waals surface area contributed by atoms with Crippen LogP contribution in [0.3, 0.4) is 0 Å². The molecule has 20 heavy (non-hydrogen) atoms. The topological polar surface area (TPSA) is 47.5 Å². The molecule has 0 atom stereocenters. The summed E-state index contributed by atoms with van der Waals surface area (Å²) in [7, 11) is 0. The number of ether oxygens (including phenoxy) is 2. The van der Waals surface area contributed by atoms with Gasteiger partial charge in [-0.2, -0.15) is 0 Å². The van der Waals surface area contributed by atoms with E-state index in [-0.39, 0.29) is 11.8 Å². The summed E-state index contributed by atoms with van der Waals surface area (Å²) in [4.78, 5) is 10.5. The maximum absolute atomic E-state index is 12.8. The zero-order valence-corrected chi connectivity index (χ0v) is 10.8. The molecule has 0 bridgehead atoms. The molecule has 1 aromatic carbocycles. The highest BCUT2D eigenvalue weighted by molar-refractivity contribution is 5.42. The molecule has 3 rings (SSSR count). The molecule has 0 spiro atoms. The van der Waals surface area contributed by atoms with Gasteiger partial charge in [0.05, 0.1) is 31.3 Å². The van der Waals surface area contributed by atoms with Crippen LogP contribution in [0.4, 0.5) is 10.1 Å². The van der Waals surface area contributed by atoms with E-state index in [1.165, 1.54) is 24.3 Å². The second-order valence-electron chi connectivity index (χ2n) is 4.38. The molecule has 2 aromatic rings. The van der Waals surface area contributed by atoms with Crippen molar-refractivity contribution in [1.29, 1.82) is 0 Å². The number of rotatable bonds is 3. The Kier molecular flexibility index (Phi) is 3.73. The van der Waals surface area contributed by atoms with Crippen molar-refractivity contribution in [1.82, 2.24) is 9.97 Å². The standard InChI is InChI=1S/C14H14FN3O2/c15-11-1-3-13(4-2-11)20-14-16-9-12(10-17-14)18-5-7-19-8-6-18/h1-4,9-10H,5-8H2. The van der Waals surface area contributed by atoms with Crippen molar-refractivity contribution >= 4 is 5.69 Å². The van der Waals surface area contributed by atoms with Crippen molar-refractivity contribution in [2.75, 3.05) is 31.2 Å². The first kappa shape index (κ1) is 12.8. The van der Waals surface area contributed by atoms with Gasteiger partial charge in [-0.25, -0.2) is 14.4 Å². The molecule has 0 saturated carbocycles. The highest BCUT2D eigenvalue weighted by Gasteiger charge is 2.12. The summed E-state index contributed by atoms with van der Waals surface area (Å²) in [6.45, 7) is 3.10. The Morgan fingerprint density at radius 3 is 2.35 bits per heavy atom. The lowest BCUT2D eigenvalue weighted by molar-refractivity contribution is 0.122. The van der Waals surface area contributed by atoms with E-state index in [9.17, 15) is 4.39 Å². The highest BCUT2D eigenvalue weighted by atomic mass is 19.1. The number of aromatic nitrogens is 2. The van der Waals surface area contributed by atoms with Gasteiger partial charge in [0.15, 0.2) is 0 Å². The molecule has 1 fully saturated rings. The predicted octanol–water partition coefficient (Wildman–Crippen LogP) is 2.24. The molecule has 1 aromatic heterocycles. The Bertz CT molecular complexity index is 554. The maximum atomic E-state index is 12.8. The fraction of sp³-hybridized carbons (Fsp3) is 0.286. The lowest BCUT2D eigenvalue weighted by Crippen LogP contribution is -2.36. The molecule has 6 heteroatoms. The van der Waals surface area contributed by atoms with Crippen LogP contribution in [-0.2, 0) is 4.74 Å². The van der Waals surface area contributed by atoms with Gasteiger partial charge in [-0.1, -0.05) is 0 Å². The zero-order valence-electron chi connectivity index (χ0n) is 10.8. The van der Waals surface area contributed by atoms with E-state index < -0.39 is 0 Å². The second-order valence-corrected chi connectivity index (χ2v) is 4.38. The summed E-state index contributed by atoms with van der Waals surface area (Å²) in [5.74, 6) is 0.200. The summed E-state index contributed by atoms with van der Waals surface area (Å²) in [5, 5.41) is 0. The SMILES string of the molecule is Fc1ccc(Oc2ncc(N3CCOCC3)cn2)cc1. The van der Waals surface area contributed by atoms with Crippen molar-refractivity contribution in [2.45, 2.75) is 0 Å². The second kappa shape index (κ2) is 5.83. The van der Waals surface area contributed by atoms with E-state index in [0.717, 1.165) is 18.8 Å². The Hall–Kier alpha value is -2.21. The smallest absolute Gasteiger partial charge is 0.322 e. The summed E-state index contributed by atoms with van der Waals surface area (Å²) < 4.78 is 23.5. The van der Waals surface area contributed by atoms with Crippen molar-refractivity contribution in [3.05, 3.63) is 42.5 Å².